The van der Waals surface area contributed by atoms with Crippen molar-refractivity contribution >= 4 is 11.8 Å². The van der Waals surface area contributed by atoms with Crippen LogP contribution in [0, 0.1) is 34.5 Å². The van der Waals surface area contributed by atoms with E-state index >= 15 is 0 Å². The van der Waals surface area contributed by atoms with Crippen LogP contribution >= 0.6 is 0 Å². The molecule has 184 valence electrons. The van der Waals surface area contributed by atoms with Crippen LogP contribution in [0.25, 0.3) is 0 Å². The van der Waals surface area contributed by atoms with Gasteiger partial charge in [0, 0.05) is 16.9 Å². The fraction of sp³-hybridized carbons (Fsp3) is 0.714. The Labute approximate surface area is 200 Å². The molecule has 6 nitrogen and oxygen atoms in total. The number of aliphatic hydroxyl groups is 3. The van der Waals surface area contributed by atoms with Gasteiger partial charge in [-0.1, -0.05) is 31.6 Å². The maximum Gasteiger partial charge on any atom is 0.334 e. The third kappa shape index (κ3) is 1.98. The van der Waals surface area contributed by atoms with Crippen LogP contribution in [-0.4, -0.2) is 50.0 Å². The first-order chi connectivity index (χ1) is 15.8. The number of carbonyl (C=O) groups is 2. The molecular weight excluding hydrogens is 432 g/mol. The van der Waals surface area contributed by atoms with Gasteiger partial charge >= 0.3 is 5.97 Å². The van der Waals surface area contributed by atoms with Crippen molar-refractivity contribution in [2.45, 2.75) is 89.6 Å². The monoisotopic (exact) mass is 468 g/mol. The smallest absolute Gasteiger partial charge is 0.334 e. The van der Waals surface area contributed by atoms with Gasteiger partial charge < -0.3 is 20.1 Å². The van der Waals surface area contributed by atoms with Crippen molar-refractivity contribution in [1.82, 2.24) is 0 Å². The standard InChI is InChI=1S/C28H36O6/c1-14-15(2)28(34-23(14)31)22(30)16(3)26(32)12-11-19-18-10-9-17-7-6-8-21(29)24(17,4)20(18)13-27(28,33)25(19,26)5/h6,8-9,16,18-20,22,30,32-33H,7,10-13H2,1-5H3/t16?,18?,19?,20?,22?,24-,25-,26+,27+,28?/m0/s1. The van der Waals surface area contributed by atoms with Crippen molar-refractivity contribution in [3.05, 3.63) is 34.9 Å². The molecule has 34 heavy (non-hydrogen) atoms. The second-order valence-electron chi connectivity index (χ2n) is 12.4. The molecule has 0 saturated heterocycles. The van der Waals surface area contributed by atoms with E-state index in [9.17, 15) is 24.9 Å². The van der Waals surface area contributed by atoms with Crippen molar-refractivity contribution in [3.8, 4) is 0 Å². The van der Waals surface area contributed by atoms with Gasteiger partial charge in [-0.2, -0.15) is 0 Å². The van der Waals surface area contributed by atoms with Crippen LogP contribution in [0.1, 0.15) is 66.7 Å². The van der Waals surface area contributed by atoms with Crippen LogP contribution < -0.4 is 0 Å². The van der Waals surface area contributed by atoms with Gasteiger partial charge in [0.05, 0.1) is 11.0 Å². The lowest BCUT2D eigenvalue weighted by molar-refractivity contribution is -0.356. The Morgan fingerprint density at radius 2 is 1.82 bits per heavy atom. The first-order valence-corrected chi connectivity index (χ1v) is 12.8. The summed E-state index contributed by atoms with van der Waals surface area (Å²) in [6, 6.07) is 0. The zero-order valence-corrected chi connectivity index (χ0v) is 20.7. The molecule has 5 aliphatic carbocycles. The fourth-order valence-electron chi connectivity index (χ4n) is 9.81. The summed E-state index contributed by atoms with van der Waals surface area (Å²) < 4.78 is 6.04. The maximum atomic E-state index is 13.4. The summed E-state index contributed by atoms with van der Waals surface area (Å²) in [5, 5.41) is 37.0. The highest BCUT2D eigenvalue weighted by Gasteiger charge is 2.85. The van der Waals surface area contributed by atoms with Crippen molar-refractivity contribution < 1.29 is 29.6 Å². The molecule has 10 atom stereocenters. The van der Waals surface area contributed by atoms with E-state index in [4.69, 9.17) is 4.74 Å². The average Bonchev–Trinajstić information content (AvgIpc) is 3.21. The number of ether oxygens (including phenoxy) is 1. The van der Waals surface area contributed by atoms with Crippen LogP contribution in [0.4, 0.5) is 0 Å². The summed E-state index contributed by atoms with van der Waals surface area (Å²) in [4.78, 5) is 26.3. The quantitative estimate of drug-likeness (QED) is 0.373. The summed E-state index contributed by atoms with van der Waals surface area (Å²) in [6.45, 7) is 9.20. The molecule has 6 rings (SSSR count). The molecular formula is C28H36O6. The van der Waals surface area contributed by atoms with Gasteiger partial charge in [0.15, 0.2) is 11.4 Å². The number of carbonyl (C=O) groups excluding carboxylic acids is 2. The number of rotatable bonds is 0. The number of aliphatic hydroxyl groups excluding tert-OH is 1. The Kier molecular flexibility index (Phi) is 4.22. The Hall–Kier alpha value is -1.76. The van der Waals surface area contributed by atoms with E-state index in [2.05, 4.69) is 6.08 Å². The maximum absolute atomic E-state index is 13.4. The summed E-state index contributed by atoms with van der Waals surface area (Å²) in [5.41, 5.74) is -4.42. The molecule has 1 aliphatic heterocycles. The van der Waals surface area contributed by atoms with E-state index in [0.717, 1.165) is 12.0 Å². The Balaban J connectivity index is 1.63. The Morgan fingerprint density at radius 1 is 1.12 bits per heavy atom. The molecule has 0 bridgehead atoms. The first-order valence-electron chi connectivity index (χ1n) is 12.8. The SMILES string of the molecule is CC1=C(C)C2(OC1=O)C(O)C(C)[C@]1(O)CCC3C4CC=C5CC=CC(=O)[C@]5(C)C4C[C@@]2(O)[C@@]31C. The molecule has 6 heteroatoms. The second-order valence-corrected chi connectivity index (χ2v) is 12.4. The minimum absolute atomic E-state index is 0.0470. The predicted molar refractivity (Wildman–Crippen MR) is 124 cm³/mol. The summed E-state index contributed by atoms with van der Waals surface area (Å²) in [7, 11) is 0. The molecule has 6 unspecified atom stereocenters. The van der Waals surface area contributed by atoms with Crippen molar-refractivity contribution in [1.29, 1.82) is 0 Å². The van der Waals surface area contributed by atoms with Crippen LogP contribution in [0.15, 0.2) is 34.9 Å². The van der Waals surface area contributed by atoms with Crippen molar-refractivity contribution in [3.63, 3.8) is 0 Å². The number of hydrogen-bond donors (Lipinski definition) is 3. The van der Waals surface area contributed by atoms with E-state index < -0.39 is 45.6 Å². The highest BCUT2D eigenvalue weighted by Crippen LogP contribution is 2.76. The lowest BCUT2D eigenvalue weighted by atomic mass is 9.36. The normalized spacial score (nSPS) is 55.6. The predicted octanol–water partition coefficient (Wildman–Crippen LogP) is 3.01. The number of ketones is 1. The van der Waals surface area contributed by atoms with E-state index in [1.165, 1.54) is 0 Å². The van der Waals surface area contributed by atoms with Gasteiger partial charge in [0.1, 0.15) is 11.7 Å². The molecule has 6 aliphatic rings. The third-order valence-electron chi connectivity index (χ3n) is 12.0. The summed E-state index contributed by atoms with van der Waals surface area (Å²) in [6.07, 6.45) is 7.40. The molecule has 0 aromatic heterocycles. The van der Waals surface area contributed by atoms with Gasteiger partial charge in [-0.05, 0) is 82.3 Å². The Bertz CT molecular complexity index is 1120. The fourth-order valence-corrected chi connectivity index (χ4v) is 9.81. The van der Waals surface area contributed by atoms with Crippen LogP contribution in [-0.2, 0) is 14.3 Å². The van der Waals surface area contributed by atoms with Gasteiger partial charge in [-0.25, -0.2) is 4.79 Å². The highest BCUT2D eigenvalue weighted by atomic mass is 16.6. The van der Waals surface area contributed by atoms with Gasteiger partial charge in [-0.3, -0.25) is 4.79 Å². The molecule has 1 spiro atoms. The minimum atomic E-state index is -1.73. The number of esters is 1. The topological polar surface area (TPSA) is 104 Å². The third-order valence-corrected chi connectivity index (χ3v) is 12.0. The summed E-state index contributed by atoms with van der Waals surface area (Å²) in [5.74, 6) is -1.22. The molecule has 0 aromatic carbocycles. The molecule has 0 radical (unpaired) electrons. The van der Waals surface area contributed by atoms with E-state index in [0.29, 0.717) is 30.4 Å². The van der Waals surface area contributed by atoms with Crippen LogP contribution in [0.2, 0.25) is 0 Å². The lowest BCUT2D eigenvalue weighted by Crippen LogP contribution is -2.84. The minimum Gasteiger partial charge on any atom is -0.445 e. The van der Waals surface area contributed by atoms with Crippen molar-refractivity contribution in [2.75, 3.05) is 0 Å². The molecule has 3 saturated carbocycles. The van der Waals surface area contributed by atoms with E-state index in [1.54, 1.807) is 19.9 Å². The van der Waals surface area contributed by atoms with Crippen molar-refractivity contribution in [2.24, 2.45) is 34.5 Å². The van der Waals surface area contributed by atoms with E-state index in [-0.39, 0.29) is 30.0 Å². The molecule has 3 fully saturated rings. The number of hydrogen-bond acceptors (Lipinski definition) is 6. The van der Waals surface area contributed by atoms with Crippen LogP contribution in [0.5, 0.6) is 0 Å². The molecule has 0 amide bonds. The van der Waals surface area contributed by atoms with Gasteiger partial charge in [0.25, 0.3) is 0 Å². The van der Waals surface area contributed by atoms with E-state index in [1.807, 2.05) is 26.8 Å². The number of fused-ring (bicyclic) bond motifs is 5. The lowest BCUT2D eigenvalue weighted by Gasteiger charge is -2.71. The van der Waals surface area contributed by atoms with Gasteiger partial charge in [0.2, 0.25) is 0 Å². The van der Waals surface area contributed by atoms with Crippen LogP contribution in [0.3, 0.4) is 0 Å². The molecule has 1 heterocycles. The number of allylic oxidation sites excluding steroid dienone is 4. The largest absolute Gasteiger partial charge is 0.445 e. The molecule has 3 N–H and O–H groups in total. The highest BCUT2D eigenvalue weighted by molar-refractivity contribution is 5.98. The second kappa shape index (κ2) is 6.32. The van der Waals surface area contributed by atoms with Gasteiger partial charge in [-0.15, -0.1) is 0 Å². The zero-order valence-electron chi connectivity index (χ0n) is 20.7. The Morgan fingerprint density at radius 3 is 2.47 bits per heavy atom. The summed E-state index contributed by atoms with van der Waals surface area (Å²) >= 11 is 0. The molecule has 0 aromatic rings. The average molecular weight is 469 g/mol. The zero-order chi connectivity index (χ0) is 24.6. The first kappa shape index (κ1) is 22.7.